The van der Waals surface area contributed by atoms with Gasteiger partial charge >= 0.3 is 0 Å². The van der Waals surface area contributed by atoms with Crippen molar-refractivity contribution >= 4 is 6.71 Å². The van der Waals surface area contributed by atoms with Crippen LogP contribution in [0.2, 0.25) is 16.9 Å². The van der Waals surface area contributed by atoms with Gasteiger partial charge in [0.2, 0.25) is 0 Å². The van der Waals surface area contributed by atoms with Crippen LogP contribution in [0.4, 0.5) is 0 Å². The Balaban J connectivity index is 1.36. The van der Waals surface area contributed by atoms with Crippen molar-refractivity contribution in [2.24, 2.45) is 28.6 Å². The summed E-state index contributed by atoms with van der Waals surface area (Å²) in [5.74, 6) is 6.15. The van der Waals surface area contributed by atoms with Gasteiger partial charge in [-0.3, -0.25) is 0 Å². The molecule has 2 bridgehead atoms. The Morgan fingerprint density at radius 3 is 2.94 bits per heavy atom. The molecular weight excluding hydrogens is 217 g/mol. The van der Waals surface area contributed by atoms with Gasteiger partial charge in [-0.15, -0.1) is 0 Å². The molecule has 4 aliphatic heterocycles. The normalized spacial score (nSPS) is 76.5. The topological polar surface area (TPSA) is 3.24 Å². The second-order valence-electron chi connectivity index (χ2n) is 9.12. The molecule has 4 aliphatic carbocycles. The highest BCUT2D eigenvalue weighted by molar-refractivity contribution is 6.91. The van der Waals surface area contributed by atoms with E-state index in [9.17, 15) is 0 Å². The largest absolute Gasteiger partial charge is 0.307 e. The van der Waals surface area contributed by atoms with E-state index in [2.05, 4.69) is 11.9 Å². The molecule has 0 amide bonds. The summed E-state index contributed by atoms with van der Waals surface area (Å²) in [5.41, 5.74) is 1.93. The summed E-state index contributed by atoms with van der Waals surface area (Å²) < 4.78 is 0. The quantitative estimate of drug-likeness (QED) is 0.636. The van der Waals surface area contributed by atoms with Crippen molar-refractivity contribution in [2.45, 2.75) is 49.1 Å². The molecule has 4 saturated carbocycles. The smallest absolute Gasteiger partial charge is 0.153 e. The molecule has 2 heteroatoms. The number of hydrogen-bond donors (Lipinski definition) is 0. The average molecular weight is 239 g/mol. The summed E-state index contributed by atoms with van der Waals surface area (Å²) in [4.78, 5) is 2.65. The van der Waals surface area contributed by atoms with Gasteiger partial charge in [-0.05, 0) is 79.7 Å². The third kappa shape index (κ3) is 0.538. The van der Waals surface area contributed by atoms with Gasteiger partial charge < -0.3 is 4.90 Å². The molecule has 8 atom stereocenters. The van der Waals surface area contributed by atoms with Crippen LogP contribution < -0.4 is 0 Å². The van der Waals surface area contributed by atoms with Crippen LogP contribution in [0.25, 0.3) is 0 Å². The summed E-state index contributed by atoms with van der Waals surface area (Å²) >= 11 is 0. The highest BCUT2D eigenvalue weighted by atomic mass is 15.1. The third-order valence-electron chi connectivity index (χ3n) is 9.51. The molecule has 4 heterocycles. The minimum atomic E-state index is 0.919. The van der Waals surface area contributed by atoms with Crippen LogP contribution >= 0.6 is 0 Å². The lowest BCUT2D eigenvalue weighted by Gasteiger charge is -2.61. The number of hydrogen-bond acceptors (Lipinski definition) is 1. The zero-order valence-corrected chi connectivity index (χ0v) is 11.4. The minimum Gasteiger partial charge on any atom is -0.307 e. The molecular formula is C16H22BN. The van der Waals surface area contributed by atoms with Crippen LogP contribution in [0, 0.1) is 28.6 Å². The maximum absolute atomic E-state index is 2.65. The Labute approximate surface area is 110 Å². The predicted molar refractivity (Wildman–Crippen MR) is 71.9 cm³/mol. The van der Waals surface area contributed by atoms with Crippen LogP contribution in [0.15, 0.2) is 0 Å². The van der Waals surface area contributed by atoms with Crippen LogP contribution in [0.3, 0.4) is 0 Å². The van der Waals surface area contributed by atoms with Gasteiger partial charge in [0.1, 0.15) is 0 Å². The van der Waals surface area contributed by atoms with E-state index >= 15 is 0 Å². The Bertz CT molecular complexity index is 501. The fourth-order valence-corrected chi connectivity index (χ4v) is 9.18. The van der Waals surface area contributed by atoms with Gasteiger partial charge in [0, 0.05) is 0 Å². The molecule has 8 aliphatic rings. The lowest BCUT2D eigenvalue weighted by molar-refractivity contribution is -0.0685. The summed E-state index contributed by atoms with van der Waals surface area (Å²) in [6.45, 7) is 4.08. The number of fused-ring (bicyclic) bond motifs is 5. The molecule has 8 unspecified atom stereocenters. The minimum absolute atomic E-state index is 0.919. The van der Waals surface area contributed by atoms with Crippen LogP contribution in [-0.2, 0) is 0 Å². The van der Waals surface area contributed by atoms with Gasteiger partial charge in [-0.25, -0.2) is 0 Å². The van der Waals surface area contributed by atoms with E-state index in [-0.39, 0.29) is 0 Å². The Hall–Kier alpha value is 0.0249. The summed E-state index contributed by atoms with van der Waals surface area (Å²) in [5, 5.41) is 0.919. The third-order valence-corrected chi connectivity index (χ3v) is 9.51. The SMILES string of the molecule is CN1CCC2(C34CCCC5C6C(C3)C564)B3C(C1)C32. The van der Waals surface area contributed by atoms with E-state index in [1.165, 1.54) is 43.4 Å². The van der Waals surface area contributed by atoms with Crippen molar-refractivity contribution in [3.63, 3.8) is 0 Å². The second-order valence-corrected chi connectivity index (χ2v) is 9.12. The first-order valence-electron chi connectivity index (χ1n) is 8.48. The van der Waals surface area contributed by atoms with E-state index in [0.717, 1.165) is 22.0 Å². The van der Waals surface area contributed by atoms with E-state index < -0.39 is 0 Å². The van der Waals surface area contributed by atoms with Gasteiger partial charge in [0.25, 0.3) is 0 Å². The van der Waals surface area contributed by atoms with Gasteiger partial charge in [-0.1, -0.05) is 18.1 Å². The number of rotatable bonds is 1. The molecule has 1 nitrogen and oxygen atoms in total. The van der Waals surface area contributed by atoms with Crippen molar-refractivity contribution in [3.8, 4) is 0 Å². The van der Waals surface area contributed by atoms with Crippen LogP contribution in [-0.4, -0.2) is 31.7 Å². The van der Waals surface area contributed by atoms with E-state index in [1.54, 1.807) is 32.1 Å². The fourth-order valence-electron chi connectivity index (χ4n) is 9.18. The van der Waals surface area contributed by atoms with Crippen molar-refractivity contribution in [1.82, 2.24) is 4.90 Å². The predicted octanol–water partition coefficient (Wildman–Crippen LogP) is 2.76. The molecule has 1 spiro atoms. The maximum Gasteiger partial charge on any atom is 0.153 e. The zero-order chi connectivity index (χ0) is 11.5. The standard InChI is InChI=1S/C16H22BN/c1-18-6-5-15(13-11(8-18)17(13)15)14-4-2-3-9-12-10(7-14)16(9,12)14/h9-13H,2-8H2,1H3. The fraction of sp³-hybridized carbons (Fsp3) is 1.00. The molecule has 18 heavy (non-hydrogen) atoms. The summed E-state index contributed by atoms with van der Waals surface area (Å²) in [6, 6.07) is 0. The molecule has 0 aromatic rings. The van der Waals surface area contributed by atoms with Crippen molar-refractivity contribution < 1.29 is 0 Å². The zero-order valence-electron chi connectivity index (χ0n) is 11.4. The molecule has 8 fully saturated rings. The Morgan fingerprint density at radius 1 is 1.22 bits per heavy atom. The van der Waals surface area contributed by atoms with Crippen LogP contribution in [0.5, 0.6) is 0 Å². The molecule has 0 aromatic carbocycles. The lowest BCUT2D eigenvalue weighted by atomic mass is 9.37. The van der Waals surface area contributed by atoms with Crippen LogP contribution in [0.1, 0.15) is 32.1 Å². The molecule has 0 radical (unpaired) electrons. The highest BCUT2D eigenvalue weighted by Crippen LogP contribution is 3.12. The first-order chi connectivity index (χ1) is 8.79. The number of nitrogens with zero attached hydrogens (tertiary/aromatic N) is 1. The first kappa shape index (κ1) is 9.05. The molecule has 4 saturated heterocycles. The van der Waals surface area contributed by atoms with E-state index in [4.69, 9.17) is 0 Å². The van der Waals surface area contributed by atoms with Crippen molar-refractivity contribution in [3.05, 3.63) is 0 Å². The van der Waals surface area contributed by atoms with Crippen molar-refractivity contribution in [2.75, 3.05) is 20.1 Å². The lowest BCUT2D eigenvalue weighted by Crippen LogP contribution is -2.52. The first-order valence-corrected chi connectivity index (χ1v) is 8.48. The Morgan fingerprint density at radius 2 is 2.11 bits per heavy atom. The monoisotopic (exact) mass is 239 g/mol. The van der Waals surface area contributed by atoms with Crippen molar-refractivity contribution in [1.29, 1.82) is 0 Å². The van der Waals surface area contributed by atoms with E-state index in [0.29, 0.717) is 0 Å². The molecule has 8 rings (SSSR count). The van der Waals surface area contributed by atoms with Gasteiger partial charge in [0.15, 0.2) is 6.71 Å². The highest BCUT2D eigenvalue weighted by Gasteiger charge is 3.06. The molecule has 94 valence electrons. The van der Waals surface area contributed by atoms with E-state index in [1.807, 2.05) is 0 Å². The summed E-state index contributed by atoms with van der Waals surface area (Å²) in [6.07, 6.45) is 8.15. The average Bonchev–Trinajstić information content (AvgIpc) is 3.14. The second kappa shape index (κ2) is 2.06. The summed E-state index contributed by atoms with van der Waals surface area (Å²) in [7, 11) is 2.37. The molecule has 0 N–H and O–H groups in total. The molecule has 0 aromatic heterocycles. The van der Waals surface area contributed by atoms with Gasteiger partial charge in [0.05, 0.1) is 0 Å². The Kier molecular flexibility index (Phi) is 1.04. The van der Waals surface area contributed by atoms with Gasteiger partial charge in [-0.2, -0.15) is 0 Å². The maximum atomic E-state index is 2.65.